The van der Waals surface area contributed by atoms with Crippen molar-refractivity contribution in [3.63, 3.8) is 0 Å². The Morgan fingerprint density at radius 1 is 0.618 bits per heavy atom. The molecule has 7 aromatic carbocycles. The summed E-state index contributed by atoms with van der Waals surface area (Å²) in [5.41, 5.74) is 7.37. The molecule has 6 nitrogen and oxygen atoms in total. The summed E-state index contributed by atoms with van der Waals surface area (Å²) in [6, 6.07) is 44.5. The summed E-state index contributed by atoms with van der Waals surface area (Å²) >= 11 is 0. The van der Waals surface area contributed by atoms with E-state index in [-0.39, 0.29) is 5.92 Å². The van der Waals surface area contributed by atoms with Crippen molar-refractivity contribution in [2.75, 3.05) is 26.4 Å². The van der Waals surface area contributed by atoms with E-state index in [1.807, 2.05) is 78.9 Å². The van der Waals surface area contributed by atoms with Crippen LogP contribution in [-0.4, -0.2) is 31.5 Å². The number of ether oxygens (including phenoxy) is 5. The fourth-order valence-electron chi connectivity index (χ4n) is 7.11. The summed E-state index contributed by atoms with van der Waals surface area (Å²) in [5, 5.41) is 12.5. The van der Waals surface area contributed by atoms with Gasteiger partial charge in [0, 0.05) is 34.7 Å². The number of fused-ring (bicyclic) bond motifs is 6. The first-order valence-electron chi connectivity index (χ1n) is 18.4. The maximum atomic E-state index is 8.21. The topological polar surface area (TPSA) is 69.1 Å². The van der Waals surface area contributed by atoms with Gasteiger partial charge in [0.1, 0.15) is 36.2 Å². The highest BCUT2D eigenvalue weighted by Crippen LogP contribution is 2.52. The largest absolute Gasteiger partial charge is 0.593 e. The van der Waals surface area contributed by atoms with Crippen LogP contribution in [0.2, 0.25) is 0 Å². The van der Waals surface area contributed by atoms with Crippen LogP contribution in [0.15, 0.2) is 140 Å². The lowest BCUT2D eigenvalue weighted by molar-refractivity contribution is 0.0889. The van der Waals surface area contributed by atoms with Crippen LogP contribution in [-0.2, 0) is 22.7 Å². The number of benzene rings is 7. The van der Waals surface area contributed by atoms with Gasteiger partial charge in [0.25, 0.3) is 5.75 Å². The van der Waals surface area contributed by atoms with E-state index in [2.05, 4.69) is 73.2 Å². The first-order chi connectivity index (χ1) is 27.1. The third-order valence-electron chi connectivity index (χ3n) is 9.89. The molecule has 0 radical (unpaired) electrons. The lowest BCUT2D eigenvalue weighted by atomic mass is 9.78. The summed E-state index contributed by atoms with van der Waals surface area (Å²) in [5.74, 6) is 6.14. The van der Waals surface area contributed by atoms with Crippen LogP contribution >= 0.6 is 0 Å². The fourth-order valence-corrected chi connectivity index (χ4v) is 7.11. The van der Waals surface area contributed by atoms with Crippen molar-refractivity contribution in [3.8, 4) is 41.1 Å². The van der Waals surface area contributed by atoms with Gasteiger partial charge in [-0.2, -0.15) is 0 Å². The first-order valence-corrected chi connectivity index (χ1v) is 18.4. The van der Waals surface area contributed by atoms with Crippen LogP contribution in [0.1, 0.15) is 44.9 Å². The van der Waals surface area contributed by atoms with E-state index in [0.717, 1.165) is 83.5 Å². The van der Waals surface area contributed by atoms with Crippen molar-refractivity contribution in [1.82, 2.24) is 0 Å². The second kappa shape index (κ2) is 16.2. The smallest absolute Gasteiger partial charge is 0.253 e. The predicted molar refractivity (Wildman–Crippen MR) is 220 cm³/mol. The van der Waals surface area contributed by atoms with Crippen LogP contribution in [0.5, 0.6) is 28.7 Å². The number of terminal acetylenes is 1. The van der Waals surface area contributed by atoms with Gasteiger partial charge in [0.2, 0.25) is 0 Å². The molecule has 1 atom stereocenters. The van der Waals surface area contributed by atoms with Crippen molar-refractivity contribution in [1.29, 1.82) is 0 Å². The Morgan fingerprint density at radius 3 is 1.65 bits per heavy atom. The predicted octanol–water partition coefficient (Wildman–Crippen LogP) is 10.5. The molecule has 0 bridgehead atoms. The summed E-state index contributed by atoms with van der Waals surface area (Å²) in [6.45, 7) is 6.62. The molecule has 1 heterocycles. The molecule has 0 spiro atoms. The molecule has 0 amide bonds. The quantitative estimate of drug-likeness (QED) is 0.0634. The maximum absolute atomic E-state index is 8.21. The van der Waals surface area contributed by atoms with Crippen molar-refractivity contribution < 1.29 is 28.8 Å². The molecular weight excluding hydrogens is 685 g/mol. The minimum absolute atomic E-state index is 0.137. The van der Waals surface area contributed by atoms with Gasteiger partial charge in [-0.25, -0.2) is 0 Å². The highest BCUT2D eigenvalue weighted by atomic mass is 16.5. The van der Waals surface area contributed by atoms with Gasteiger partial charge in [0.05, 0.1) is 26.4 Å². The highest BCUT2D eigenvalue weighted by molar-refractivity contribution is 5.96. The molecule has 8 rings (SSSR count). The van der Waals surface area contributed by atoms with Crippen LogP contribution in [0.4, 0.5) is 0 Å². The fraction of sp³-hybridized carbons (Fsp3) is 0.143. The standard InChI is InChI=1S/C49H40O6/c1-3-33-5-9-35(10-6-33)31-51-25-27-53-41-19-21-43-38(29-41)15-23-45-48(43)47(37-13-17-40(50)18-14-37)49-44-22-20-42(30-39(44)16-24-46(49)55-45)54-28-26-52-32-36-11-7-34(4-2)8-12-36/h1,4-24,29-30,47,50H,2,25-28,31-32H2/p+1. The summed E-state index contributed by atoms with van der Waals surface area (Å²) in [4.78, 5) is 0. The second-order valence-corrected chi connectivity index (χ2v) is 13.5. The first kappa shape index (κ1) is 35.5. The van der Waals surface area contributed by atoms with Crippen molar-refractivity contribution >= 4 is 27.6 Å². The number of hydrogen-bond acceptors (Lipinski definition) is 5. The maximum Gasteiger partial charge on any atom is 0.253 e. The van der Waals surface area contributed by atoms with Crippen LogP contribution in [0.25, 0.3) is 27.6 Å². The van der Waals surface area contributed by atoms with Gasteiger partial charge < -0.3 is 28.8 Å². The normalized spacial score (nSPS) is 13.0. The monoisotopic (exact) mass is 725 g/mol. The molecule has 55 heavy (non-hydrogen) atoms. The Kier molecular flexibility index (Phi) is 10.5. The van der Waals surface area contributed by atoms with E-state index in [4.69, 9.17) is 35.2 Å². The molecule has 1 aliphatic heterocycles. The van der Waals surface area contributed by atoms with Crippen LogP contribution < -0.4 is 14.2 Å². The highest BCUT2D eigenvalue weighted by Gasteiger charge is 2.32. The summed E-state index contributed by atoms with van der Waals surface area (Å²) in [6.07, 6.45) is 7.29. The van der Waals surface area contributed by atoms with Gasteiger partial charge in [0.15, 0.2) is 0 Å². The van der Waals surface area contributed by atoms with E-state index >= 15 is 0 Å². The Morgan fingerprint density at radius 2 is 1.15 bits per heavy atom. The Hall–Kier alpha value is -6.52. The van der Waals surface area contributed by atoms with E-state index in [0.29, 0.717) is 45.4 Å². The molecule has 1 aliphatic rings. The molecular formula is C49H41O6+. The average Bonchev–Trinajstić information content (AvgIpc) is 3.23. The number of hydrogen-bond donors (Lipinski definition) is 0. The Labute approximate surface area is 321 Å². The molecule has 0 fully saturated rings. The van der Waals surface area contributed by atoms with Crippen LogP contribution in [0, 0.1) is 12.3 Å². The Balaban J connectivity index is 1.01. The third kappa shape index (κ3) is 7.90. The second-order valence-electron chi connectivity index (χ2n) is 13.5. The lowest BCUT2D eigenvalue weighted by Gasteiger charge is -2.31. The minimum atomic E-state index is -0.137. The zero-order valence-electron chi connectivity index (χ0n) is 30.4. The molecule has 6 heteroatoms. The zero-order valence-corrected chi connectivity index (χ0v) is 30.4. The molecule has 0 aromatic heterocycles. The van der Waals surface area contributed by atoms with E-state index in [9.17, 15) is 0 Å². The lowest BCUT2D eigenvalue weighted by Crippen LogP contribution is -2.13. The van der Waals surface area contributed by atoms with Gasteiger partial charge >= 0.3 is 0 Å². The third-order valence-corrected chi connectivity index (χ3v) is 9.89. The van der Waals surface area contributed by atoms with Crippen molar-refractivity contribution in [2.45, 2.75) is 19.1 Å². The number of rotatable bonds is 14. The molecule has 7 aromatic rings. The molecule has 272 valence electrons. The summed E-state index contributed by atoms with van der Waals surface area (Å²) in [7, 11) is 0. The van der Waals surface area contributed by atoms with Crippen molar-refractivity contribution in [2.24, 2.45) is 0 Å². The van der Waals surface area contributed by atoms with Crippen molar-refractivity contribution in [3.05, 3.63) is 179 Å². The van der Waals surface area contributed by atoms with Gasteiger partial charge in [-0.3, -0.25) is 0 Å². The van der Waals surface area contributed by atoms with Gasteiger partial charge in [-0.15, -0.1) is 6.42 Å². The van der Waals surface area contributed by atoms with Gasteiger partial charge in [-0.1, -0.05) is 79.2 Å². The SMILES string of the molecule is C#Cc1ccc(COCCOc2ccc3c4c(ccc3c2)Oc2ccc3cc(OCCOCc5ccc(C=C)cc5)ccc3c2C4c2ccc([OH2+])cc2)cc1. The molecule has 1 unspecified atom stereocenters. The molecule has 0 aliphatic carbocycles. The minimum Gasteiger partial charge on any atom is -0.593 e. The van der Waals surface area contributed by atoms with E-state index < -0.39 is 0 Å². The van der Waals surface area contributed by atoms with E-state index in [1.54, 1.807) is 0 Å². The summed E-state index contributed by atoms with van der Waals surface area (Å²) < 4.78 is 30.7. The molecule has 2 N–H and O–H groups in total. The zero-order chi connectivity index (χ0) is 37.6. The van der Waals surface area contributed by atoms with Gasteiger partial charge in [-0.05, 0) is 104 Å². The molecule has 0 saturated carbocycles. The molecule has 0 saturated heterocycles. The average molecular weight is 726 g/mol. The Bertz CT molecular complexity index is 2500. The van der Waals surface area contributed by atoms with Crippen LogP contribution in [0.3, 0.4) is 0 Å². The van der Waals surface area contributed by atoms with E-state index in [1.165, 1.54) is 0 Å².